The minimum atomic E-state index is -1.00. The summed E-state index contributed by atoms with van der Waals surface area (Å²) in [5, 5.41) is 20.0. The van der Waals surface area contributed by atoms with Crippen molar-refractivity contribution < 1.29 is 15.0 Å². The highest BCUT2D eigenvalue weighted by Gasteiger charge is 2.13. The first kappa shape index (κ1) is 8.84. The number of para-hydroxylation sites is 1. The molecule has 0 spiro atoms. The summed E-state index contributed by atoms with van der Waals surface area (Å²) in [4.78, 5) is 16.5. The van der Waals surface area contributed by atoms with Crippen molar-refractivity contribution >= 4 is 27.9 Å². The van der Waals surface area contributed by atoms with Gasteiger partial charge in [0.15, 0.2) is 0 Å². The van der Waals surface area contributed by atoms with Gasteiger partial charge in [0, 0.05) is 10.8 Å². The number of aromatic carboxylic acids is 1. The summed E-state index contributed by atoms with van der Waals surface area (Å²) in [7, 11) is 0. The van der Waals surface area contributed by atoms with Gasteiger partial charge < -0.3 is 20.2 Å². The maximum atomic E-state index is 10.8. The number of hydrogen-bond donors (Lipinski definition) is 4. The van der Waals surface area contributed by atoms with E-state index < -0.39 is 5.97 Å². The molecule has 3 aromatic rings. The molecular weight excluding hydrogens is 208 g/mol. The van der Waals surface area contributed by atoms with E-state index in [9.17, 15) is 9.90 Å². The van der Waals surface area contributed by atoms with Gasteiger partial charge in [0.2, 0.25) is 0 Å². The Morgan fingerprint density at radius 2 is 2.00 bits per heavy atom. The van der Waals surface area contributed by atoms with Gasteiger partial charge in [0.05, 0.1) is 5.52 Å². The zero-order valence-corrected chi connectivity index (χ0v) is 8.11. The van der Waals surface area contributed by atoms with Crippen molar-refractivity contribution in [2.45, 2.75) is 0 Å². The molecule has 4 N–H and O–H groups in total. The van der Waals surface area contributed by atoms with Crippen molar-refractivity contribution in [2.24, 2.45) is 0 Å². The largest absolute Gasteiger partial charge is 0.506 e. The molecule has 3 rings (SSSR count). The number of fused-ring (bicyclic) bond motifs is 3. The van der Waals surface area contributed by atoms with Gasteiger partial charge >= 0.3 is 5.97 Å². The molecule has 0 saturated carbocycles. The third kappa shape index (κ3) is 1.02. The lowest BCUT2D eigenvalue weighted by Crippen LogP contribution is -1.95. The number of nitrogens with one attached hydrogen (secondary N) is 2. The molecule has 0 saturated heterocycles. The zero-order valence-electron chi connectivity index (χ0n) is 8.11. The second-order valence-corrected chi connectivity index (χ2v) is 3.60. The number of aromatic nitrogens is 2. The third-order valence-electron chi connectivity index (χ3n) is 2.63. The summed E-state index contributed by atoms with van der Waals surface area (Å²) in [6, 6.07) is 6.68. The van der Waals surface area contributed by atoms with Crippen molar-refractivity contribution in [1.29, 1.82) is 0 Å². The molecule has 0 amide bonds. The van der Waals surface area contributed by atoms with E-state index in [0.717, 1.165) is 10.8 Å². The van der Waals surface area contributed by atoms with E-state index in [1.165, 1.54) is 0 Å². The van der Waals surface area contributed by atoms with Crippen LogP contribution in [0.25, 0.3) is 21.9 Å². The lowest BCUT2D eigenvalue weighted by atomic mass is 10.2. The molecule has 2 heterocycles. The zero-order chi connectivity index (χ0) is 11.3. The molecule has 0 aliphatic rings. The lowest BCUT2D eigenvalue weighted by molar-refractivity contribution is 0.0691. The van der Waals surface area contributed by atoms with Crippen LogP contribution < -0.4 is 0 Å². The van der Waals surface area contributed by atoms with Crippen molar-refractivity contribution in [3.63, 3.8) is 0 Å². The Labute approximate surface area is 89.3 Å². The van der Waals surface area contributed by atoms with E-state index in [4.69, 9.17) is 5.11 Å². The van der Waals surface area contributed by atoms with Gasteiger partial charge in [-0.2, -0.15) is 0 Å². The maximum absolute atomic E-state index is 10.8. The molecule has 0 unspecified atom stereocenters. The highest BCUT2D eigenvalue weighted by molar-refractivity contribution is 6.10. The van der Waals surface area contributed by atoms with E-state index in [2.05, 4.69) is 9.97 Å². The van der Waals surface area contributed by atoms with Gasteiger partial charge in [-0.15, -0.1) is 0 Å². The van der Waals surface area contributed by atoms with Crippen LogP contribution in [0.15, 0.2) is 24.3 Å². The Bertz CT molecular complexity index is 708. The van der Waals surface area contributed by atoms with Gasteiger partial charge in [-0.25, -0.2) is 4.79 Å². The molecule has 0 aliphatic heterocycles. The van der Waals surface area contributed by atoms with Crippen molar-refractivity contribution in [2.75, 3.05) is 0 Å². The van der Waals surface area contributed by atoms with Gasteiger partial charge in [0.25, 0.3) is 0 Å². The van der Waals surface area contributed by atoms with Crippen LogP contribution in [0.2, 0.25) is 0 Å². The number of hydrogen-bond acceptors (Lipinski definition) is 2. The molecule has 16 heavy (non-hydrogen) atoms. The Morgan fingerprint density at radius 3 is 2.75 bits per heavy atom. The number of carbonyl (C=O) groups is 1. The molecule has 0 radical (unpaired) electrons. The fourth-order valence-electron chi connectivity index (χ4n) is 1.90. The van der Waals surface area contributed by atoms with Gasteiger partial charge in [-0.1, -0.05) is 12.1 Å². The summed E-state index contributed by atoms with van der Waals surface area (Å²) >= 11 is 0. The van der Waals surface area contributed by atoms with E-state index in [1.807, 2.05) is 6.07 Å². The predicted molar refractivity (Wildman–Crippen MR) is 58.8 cm³/mol. The Kier molecular flexibility index (Phi) is 1.54. The van der Waals surface area contributed by atoms with Crippen LogP contribution in [0.4, 0.5) is 0 Å². The fourth-order valence-corrected chi connectivity index (χ4v) is 1.90. The van der Waals surface area contributed by atoms with Crippen molar-refractivity contribution in [1.82, 2.24) is 9.97 Å². The minimum Gasteiger partial charge on any atom is -0.506 e. The van der Waals surface area contributed by atoms with E-state index >= 15 is 0 Å². The molecule has 0 bridgehead atoms. The fraction of sp³-hybridized carbons (Fsp3) is 0. The number of rotatable bonds is 1. The molecule has 5 heteroatoms. The van der Waals surface area contributed by atoms with Crippen molar-refractivity contribution in [3.8, 4) is 5.75 Å². The second-order valence-electron chi connectivity index (χ2n) is 3.60. The number of aromatic amines is 2. The maximum Gasteiger partial charge on any atom is 0.352 e. The summed E-state index contributed by atoms with van der Waals surface area (Å²) in [5.74, 6) is -0.850. The summed E-state index contributed by atoms with van der Waals surface area (Å²) in [5.41, 5.74) is 1.35. The summed E-state index contributed by atoms with van der Waals surface area (Å²) in [6.45, 7) is 0. The second kappa shape index (κ2) is 2.79. The van der Waals surface area contributed by atoms with Gasteiger partial charge in [-0.05, 0) is 12.1 Å². The number of carboxylic acids is 1. The van der Waals surface area contributed by atoms with Crippen LogP contribution >= 0.6 is 0 Å². The predicted octanol–water partition coefficient (Wildman–Crippen LogP) is 2.05. The average Bonchev–Trinajstić information content (AvgIpc) is 2.76. The molecule has 0 aliphatic carbocycles. The standard InChI is InChI=1S/C11H8N2O3/c14-8-3-1-2-5-6-4-7(11(15)16)12-10(6)13-9(5)8/h1-4,12-14H,(H,15,16). The van der Waals surface area contributed by atoms with Crippen LogP contribution in [0.3, 0.4) is 0 Å². The Balaban J connectivity index is 2.43. The average molecular weight is 216 g/mol. The number of phenols is 1. The number of carboxylic acid groups (broad SMARTS) is 1. The smallest absolute Gasteiger partial charge is 0.352 e. The van der Waals surface area contributed by atoms with Crippen LogP contribution in [0.5, 0.6) is 5.75 Å². The minimum absolute atomic E-state index is 0.131. The van der Waals surface area contributed by atoms with Gasteiger partial charge in [0.1, 0.15) is 17.1 Å². The van der Waals surface area contributed by atoms with E-state index in [0.29, 0.717) is 11.2 Å². The van der Waals surface area contributed by atoms with E-state index in [1.54, 1.807) is 18.2 Å². The lowest BCUT2D eigenvalue weighted by Gasteiger charge is -1.93. The van der Waals surface area contributed by atoms with Gasteiger partial charge in [-0.3, -0.25) is 0 Å². The monoisotopic (exact) mass is 216 g/mol. The topological polar surface area (TPSA) is 89.1 Å². The van der Waals surface area contributed by atoms with E-state index in [-0.39, 0.29) is 11.4 Å². The number of aromatic hydroxyl groups is 1. The highest BCUT2D eigenvalue weighted by atomic mass is 16.4. The number of benzene rings is 1. The highest BCUT2D eigenvalue weighted by Crippen LogP contribution is 2.30. The number of phenolic OH excluding ortho intramolecular Hbond substituents is 1. The molecule has 5 nitrogen and oxygen atoms in total. The van der Waals surface area contributed by atoms with Crippen LogP contribution in [-0.2, 0) is 0 Å². The molecule has 2 aromatic heterocycles. The molecule has 0 atom stereocenters. The SMILES string of the molecule is O=C(O)c1cc2c([nH]1)[nH]c1c(O)cccc12. The molecule has 1 aromatic carbocycles. The molecule has 0 fully saturated rings. The number of H-pyrrole nitrogens is 2. The first-order chi connectivity index (χ1) is 7.66. The first-order valence-electron chi connectivity index (χ1n) is 4.72. The quantitative estimate of drug-likeness (QED) is 0.502. The van der Waals surface area contributed by atoms with Crippen LogP contribution in [-0.4, -0.2) is 26.2 Å². The first-order valence-corrected chi connectivity index (χ1v) is 4.72. The van der Waals surface area contributed by atoms with Crippen LogP contribution in [0, 0.1) is 0 Å². The summed E-state index contributed by atoms with van der Waals surface area (Å²) < 4.78 is 0. The van der Waals surface area contributed by atoms with Crippen LogP contribution in [0.1, 0.15) is 10.5 Å². The third-order valence-corrected chi connectivity index (χ3v) is 2.63. The summed E-state index contributed by atoms with van der Waals surface area (Å²) in [6.07, 6.45) is 0. The van der Waals surface area contributed by atoms with Crippen molar-refractivity contribution in [3.05, 3.63) is 30.0 Å². The molecular formula is C11H8N2O3. The Hall–Kier alpha value is -2.43. The Morgan fingerprint density at radius 1 is 1.19 bits per heavy atom. The molecule has 80 valence electrons. The normalized spacial score (nSPS) is 11.2.